The number of aliphatic hydroxyl groups is 1. The van der Waals surface area contributed by atoms with Gasteiger partial charge in [-0.1, -0.05) is 18.1 Å². The van der Waals surface area contributed by atoms with Crippen LogP contribution in [-0.4, -0.2) is 18.7 Å². The Kier molecular flexibility index (Phi) is 4.76. The summed E-state index contributed by atoms with van der Waals surface area (Å²) < 4.78 is 31.8. The minimum absolute atomic E-state index is 0.0592. The molecule has 1 aromatic heterocycles. The predicted octanol–water partition coefficient (Wildman–Crippen LogP) is 1.52. The molecule has 0 radical (unpaired) electrons. The molecule has 7 heteroatoms. The third-order valence-corrected chi connectivity index (χ3v) is 4.56. The van der Waals surface area contributed by atoms with E-state index in [9.17, 15) is 13.5 Å². The van der Waals surface area contributed by atoms with Gasteiger partial charge in [0.05, 0.1) is 23.7 Å². The number of rotatable bonds is 6. The minimum Gasteiger partial charge on any atom is -0.392 e. The molecule has 0 atom stereocenters. The van der Waals surface area contributed by atoms with Crippen molar-refractivity contribution in [3.05, 3.63) is 46.8 Å². The van der Waals surface area contributed by atoms with Crippen molar-refractivity contribution in [2.24, 2.45) is 0 Å². The second kappa shape index (κ2) is 6.38. The first-order chi connectivity index (χ1) is 9.96. The van der Waals surface area contributed by atoms with Gasteiger partial charge in [0.1, 0.15) is 5.76 Å². The number of aliphatic hydroxyl groups excluding tert-OH is 1. The van der Waals surface area contributed by atoms with Gasteiger partial charge in [-0.25, -0.2) is 13.1 Å². The van der Waals surface area contributed by atoms with Crippen molar-refractivity contribution >= 4 is 10.0 Å². The molecule has 21 heavy (non-hydrogen) atoms. The van der Waals surface area contributed by atoms with E-state index >= 15 is 0 Å². The van der Waals surface area contributed by atoms with E-state index in [0.717, 1.165) is 12.0 Å². The number of hydrogen-bond donors (Lipinski definition) is 2. The predicted molar refractivity (Wildman–Crippen MR) is 77.0 cm³/mol. The molecular weight excluding hydrogens is 292 g/mol. The summed E-state index contributed by atoms with van der Waals surface area (Å²) in [6.45, 7) is 3.56. The maximum absolute atomic E-state index is 12.2. The average Bonchev–Trinajstić information content (AvgIpc) is 2.90. The summed E-state index contributed by atoms with van der Waals surface area (Å²) in [5, 5.41) is 13.0. The SMILES string of the molecule is CCc1ccc(S(=O)(=O)NCc2cc(C)on2)cc1CO. The van der Waals surface area contributed by atoms with Crippen LogP contribution < -0.4 is 4.72 Å². The van der Waals surface area contributed by atoms with Gasteiger partial charge >= 0.3 is 0 Å². The number of sulfonamides is 1. The first kappa shape index (κ1) is 15.7. The molecule has 1 aromatic carbocycles. The molecular formula is C14H18N2O4S. The maximum Gasteiger partial charge on any atom is 0.240 e. The molecule has 1 heterocycles. The highest BCUT2D eigenvalue weighted by molar-refractivity contribution is 7.89. The Balaban J connectivity index is 2.19. The quantitative estimate of drug-likeness (QED) is 0.844. The molecule has 2 aromatic rings. The fourth-order valence-corrected chi connectivity index (χ4v) is 3.06. The summed E-state index contributed by atoms with van der Waals surface area (Å²) in [5.41, 5.74) is 2.07. The van der Waals surface area contributed by atoms with Gasteiger partial charge in [-0.05, 0) is 36.6 Å². The highest BCUT2D eigenvalue weighted by atomic mass is 32.2. The Morgan fingerprint density at radius 3 is 2.62 bits per heavy atom. The Hall–Kier alpha value is -1.70. The zero-order valence-corrected chi connectivity index (χ0v) is 12.8. The second-order valence-electron chi connectivity index (χ2n) is 4.70. The van der Waals surface area contributed by atoms with Crippen molar-refractivity contribution in [1.29, 1.82) is 0 Å². The molecule has 6 nitrogen and oxygen atoms in total. The Labute approximate surface area is 123 Å². The topological polar surface area (TPSA) is 92.4 Å². The molecule has 114 valence electrons. The van der Waals surface area contributed by atoms with Crippen LogP contribution >= 0.6 is 0 Å². The third kappa shape index (κ3) is 3.69. The highest BCUT2D eigenvalue weighted by Gasteiger charge is 2.16. The van der Waals surface area contributed by atoms with Crippen LogP contribution in [0.2, 0.25) is 0 Å². The van der Waals surface area contributed by atoms with E-state index in [1.807, 2.05) is 6.92 Å². The van der Waals surface area contributed by atoms with E-state index < -0.39 is 10.0 Å². The zero-order chi connectivity index (χ0) is 15.5. The first-order valence-corrected chi connectivity index (χ1v) is 8.09. The summed E-state index contributed by atoms with van der Waals surface area (Å²) in [7, 11) is -3.65. The molecule has 2 rings (SSSR count). The number of benzene rings is 1. The molecule has 0 bridgehead atoms. The molecule has 0 saturated carbocycles. The van der Waals surface area contributed by atoms with E-state index in [4.69, 9.17) is 4.52 Å². The molecule has 2 N–H and O–H groups in total. The van der Waals surface area contributed by atoms with Gasteiger partial charge in [0.2, 0.25) is 10.0 Å². The maximum atomic E-state index is 12.2. The molecule has 0 spiro atoms. The van der Waals surface area contributed by atoms with Crippen LogP contribution in [0, 0.1) is 6.92 Å². The highest BCUT2D eigenvalue weighted by Crippen LogP contribution is 2.17. The van der Waals surface area contributed by atoms with Crippen LogP contribution in [0.15, 0.2) is 33.7 Å². The minimum atomic E-state index is -3.65. The van der Waals surface area contributed by atoms with Gasteiger partial charge in [-0.3, -0.25) is 0 Å². The van der Waals surface area contributed by atoms with Gasteiger partial charge in [0.25, 0.3) is 0 Å². The second-order valence-corrected chi connectivity index (χ2v) is 6.46. The summed E-state index contributed by atoms with van der Waals surface area (Å²) in [6, 6.07) is 6.42. The monoisotopic (exact) mass is 310 g/mol. The van der Waals surface area contributed by atoms with Crippen molar-refractivity contribution < 1.29 is 18.0 Å². The molecule has 0 aliphatic carbocycles. The van der Waals surface area contributed by atoms with Crippen LogP contribution in [-0.2, 0) is 29.6 Å². The Bertz CT molecular complexity index is 722. The van der Waals surface area contributed by atoms with E-state index in [0.29, 0.717) is 17.0 Å². The Morgan fingerprint density at radius 1 is 1.29 bits per heavy atom. The third-order valence-electron chi connectivity index (χ3n) is 3.16. The number of nitrogens with zero attached hydrogens (tertiary/aromatic N) is 1. The van der Waals surface area contributed by atoms with Crippen molar-refractivity contribution in [1.82, 2.24) is 9.88 Å². The molecule has 0 unspecified atom stereocenters. The number of hydrogen-bond acceptors (Lipinski definition) is 5. The summed E-state index contributed by atoms with van der Waals surface area (Å²) >= 11 is 0. The van der Waals surface area contributed by atoms with E-state index in [-0.39, 0.29) is 18.0 Å². The van der Waals surface area contributed by atoms with Crippen LogP contribution in [0.1, 0.15) is 29.5 Å². The van der Waals surface area contributed by atoms with Crippen LogP contribution in [0.25, 0.3) is 0 Å². The van der Waals surface area contributed by atoms with Crippen molar-refractivity contribution in [2.45, 2.75) is 38.3 Å². The first-order valence-electron chi connectivity index (χ1n) is 6.60. The van der Waals surface area contributed by atoms with Gasteiger partial charge in [0, 0.05) is 6.07 Å². The lowest BCUT2D eigenvalue weighted by Gasteiger charge is -2.09. The van der Waals surface area contributed by atoms with Gasteiger partial charge < -0.3 is 9.63 Å². The summed E-state index contributed by atoms with van der Waals surface area (Å²) in [6.07, 6.45) is 0.738. The van der Waals surface area contributed by atoms with E-state index in [1.54, 1.807) is 19.1 Å². The summed E-state index contributed by atoms with van der Waals surface area (Å²) in [5.74, 6) is 0.624. The fraction of sp³-hybridized carbons (Fsp3) is 0.357. The van der Waals surface area contributed by atoms with Crippen LogP contribution in [0.3, 0.4) is 0 Å². The van der Waals surface area contributed by atoms with Gasteiger partial charge in [0.15, 0.2) is 0 Å². The van der Waals surface area contributed by atoms with Gasteiger partial charge in [-0.2, -0.15) is 0 Å². The largest absolute Gasteiger partial charge is 0.392 e. The van der Waals surface area contributed by atoms with Crippen LogP contribution in [0.4, 0.5) is 0 Å². The lowest BCUT2D eigenvalue weighted by molar-refractivity contribution is 0.280. The van der Waals surface area contributed by atoms with Crippen LogP contribution in [0.5, 0.6) is 0 Å². The normalized spacial score (nSPS) is 11.8. The number of aryl methyl sites for hydroxylation is 2. The van der Waals surface area contributed by atoms with E-state index in [1.165, 1.54) is 12.1 Å². The standard InChI is InChI=1S/C14H18N2O4S/c1-3-11-4-5-14(7-12(11)9-17)21(18,19)15-8-13-6-10(2)20-16-13/h4-7,15,17H,3,8-9H2,1-2H3. The van der Waals surface area contributed by atoms with Gasteiger partial charge in [-0.15, -0.1) is 0 Å². The molecule has 0 fully saturated rings. The zero-order valence-electron chi connectivity index (χ0n) is 12.0. The van der Waals surface area contributed by atoms with Crippen molar-refractivity contribution in [3.8, 4) is 0 Å². The number of nitrogens with one attached hydrogen (secondary N) is 1. The van der Waals surface area contributed by atoms with E-state index in [2.05, 4.69) is 9.88 Å². The molecule has 0 amide bonds. The smallest absolute Gasteiger partial charge is 0.240 e. The summed E-state index contributed by atoms with van der Waals surface area (Å²) in [4.78, 5) is 0.129. The fourth-order valence-electron chi connectivity index (χ4n) is 2.02. The molecule has 0 saturated heterocycles. The molecule has 0 aliphatic heterocycles. The Morgan fingerprint density at radius 2 is 2.05 bits per heavy atom. The van der Waals surface area contributed by atoms with Crippen molar-refractivity contribution in [2.75, 3.05) is 0 Å². The number of aromatic nitrogens is 1. The van der Waals surface area contributed by atoms with Crippen molar-refractivity contribution in [3.63, 3.8) is 0 Å². The average molecular weight is 310 g/mol. The lowest BCUT2D eigenvalue weighted by Crippen LogP contribution is -2.23. The molecule has 0 aliphatic rings. The lowest BCUT2D eigenvalue weighted by atomic mass is 10.1.